The number of benzene rings is 1. The summed E-state index contributed by atoms with van der Waals surface area (Å²) in [4.78, 5) is 21.1. The van der Waals surface area contributed by atoms with Gasteiger partial charge in [0.1, 0.15) is 23.9 Å². The Morgan fingerprint density at radius 2 is 2.11 bits per heavy atom. The van der Waals surface area contributed by atoms with Crippen LogP contribution in [0.3, 0.4) is 0 Å². The zero-order chi connectivity index (χ0) is 19.2. The van der Waals surface area contributed by atoms with Crippen LogP contribution in [0.2, 0.25) is 0 Å². The van der Waals surface area contributed by atoms with E-state index in [0.29, 0.717) is 28.7 Å². The Balaban J connectivity index is 1.66. The quantitative estimate of drug-likeness (QED) is 0.659. The number of aryl methyl sites for hydroxylation is 1. The van der Waals surface area contributed by atoms with Crippen LogP contribution in [0.1, 0.15) is 34.7 Å². The first-order valence-corrected chi connectivity index (χ1v) is 8.39. The molecule has 2 heterocycles. The Hall–Kier alpha value is -3.66. The third-order valence-electron chi connectivity index (χ3n) is 3.84. The molecule has 1 atom stereocenters. The Bertz CT molecular complexity index is 973. The highest BCUT2D eigenvalue weighted by atomic mass is 16.5. The molecule has 2 aromatic heterocycles. The van der Waals surface area contributed by atoms with Gasteiger partial charge < -0.3 is 10.1 Å². The van der Waals surface area contributed by atoms with E-state index in [4.69, 9.17) is 11.2 Å². The Labute approximate surface area is 157 Å². The average molecular weight is 361 g/mol. The molecule has 1 unspecified atom stereocenters. The maximum absolute atomic E-state index is 12.4. The Kier molecular flexibility index (Phi) is 5.47. The van der Waals surface area contributed by atoms with E-state index in [9.17, 15) is 4.79 Å². The third-order valence-corrected chi connectivity index (χ3v) is 3.84. The van der Waals surface area contributed by atoms with Gasteiger partial charge in [0.25, 0.3) is 5.91 Å². The van der Waals surface area contributed by atoms with Crippen molar-refractivity contribution in [2.45, 2.75) is 19.9 Å². The molecule has 3 aromatic rings. The molecule has 0 bridgehead atoms. The molecule has 1 aromatic carbocycles. The first-order chi connectivity index (χ1) is 13.1. The summed E-state index contributed by atoms with van der Waals surface area (Å²) in [6.07, 6.45) is 6.86. The van der Waals surface area contributed by atoms with Crippen LogP contribution in [0.25, 0.3) is 11.5 Å². The summed E-state index contributed by atoms with van der Waals surface area (Å²) in [5.41, 5.74) is 2.26. The predicted molar refractivity (Wildman–Crippen MR) is 101 cm³/mol. The van der Waals surface area contributed by atoms with Gasteiger partial charge in [-0.05, 0) is 55.8 Å². The first-order valence-electron chi connectivity index (χ1n) is 8.39. The highest BCUT2D eigenvalue weighted by Crippen LogP contribution is 2.17. The summed E-state index contributed by atoms with van der Waals surface area (Å²) in [5, 5.41) is 9.93. The van der Waals surface area contributed by atoms with E-state index in [2.05, 4.69) is 31.4 Å². The van der Waals surface area contributed by atoms with Gasteiger partial charge in [0.2, 0.25) is 0 Å². The molecule has 0 saturated carbocycles. The number of nitrogens with one attached hydrogen (secondary N) is 2. The molecule has 0 aliphatic heterocycles. The third kappa shape index (κ3) is 4.50. The van der Waals surface area contributed by atoms with Crippen molar-refractivity contribution in [3.63, 3.8) is 0 Å². The summed E-state index contributed by atoms with van der Waals surface area (Å²) in [6, 6.07) is 10.2. The average Bonchev–Trinajstić information content (AvgIpc) is 3.17. The molecule has 0 spiro atoms. The number of aromatic nitrogens is 4. The van der Waals surface area contributed by atoms with Crippen LogP contribution in [0.15, 0.2) is 42.6 Å². The summed E-state index contributed by atoms with van der Waals surface area (Å²) < 4.78 is 5.30. The van der Waals surface area contributed by atoms with Crippen LogP contribution in [0, 0.1) is 19.3 Å². The van der Waals surface area contributed by atoms with Crippen molar-refractivity contribution < 1.29 is 9.53 Å². The summed E-state index contributed by atoms with van der Waals surface area (Å²) in [6.45, 7) is 3.99. The zero-order valence-electron chi connectivity index (χ0n) is 15.1. The molecule has 3 rings (SSSR count). The molecule has 0 fully saturated rings. The Morgan fingerprint density at radius 3 is 2.81 bits per heavy atom. The lowest BCUT2D eigenvalue weighted by Crippen LogP contribution is -2.27. The van der Waals surface area contributed by atoms with Crippen molar-refractivity contribution in [3.8, 4) is 29.6 Å². The van der Waals surface area contributed by atoms with Gasteiger partial charge >= 0.3 is 0 Å². The van der Waals surface area contributed by atoms with E-state index in [1.165, 1.54) is 0 Å². The second-order valence-electron chi connectivity index (χ2n) is 5.98. The van der Waals surface area contributed by atoms with Crippen LogP contribution in [-0.2, 0) is 0 Å². The van der Waals surface area contributed by atoms with Gasteiger partial charge in [-0.15, -0.1) is 6.42 Å². The van der Waals surface area contributed by atoms with Gasteiger partial charge in [0.15, 0.2) is 5.82 Å². The molecular formula is C20H19N5O2. The van der Waals surface area contributed by atoms with Crippen LogP contribution in [-0.4, -0.2) is 32.7 Å². The van der Waals surface area contributed by atoms with Gasteiger partial charge in [-0.3, -0.25) is 14.9 Å². The standard InChI is InChI=1S/C20H19N5O2/c1-4-11-27-16-7-5-15(6-8-16)20(26)22-14(3)18-23-19(25-24-18)17-12-13(2)9-10-21-17/h1,5-10,12,14H,11H2,2-3H3,(H,22,26)(H,23,24,25). The fraction of sp³-hybridized carbons (Fsp3) is 0.200. The van der Waals surface area contributed by atoms with Crippen molar-refractivity contribution in [3.05, 3.63) is 59.5 Å². The van der Waals surface area contributed by atoms with E-state index >= 15 is 0 Å². The van der Waals surface area contributed by atoms with Crippen molar-refractivity contribution in [1.82, 2.24) is 25.5 Å². The molecule has 136 valence electrons. The lowest BCUT2D eigenvalue weighted by molar-refractivity contribution is 0.0938. The number of nitrogens with zero attached hydrogens (tertiary/aromatic N) is 3. The normalized spacial score (nSPS) is 11.4. The van der Waals surface area contributed by atoms with E-state index in [1.54, 1.807) is 30.5 Å². The lowest BCUT2D eigenvalue weighted by atomic mass is 10.2. The van der Waals surface area contributed by atoms with Gasteiger partial charge in [-0.2, -0.15) is 5.10 Å². The second-order valence-corrected chi connectivity index (χ2v) is 5.98. The number of hydrogen-bond acceptors (Lipinski definition) is 5. The monoisotopic (exact) mass is 361 g/mol. The number of carbonyl (C=O) groups is 1. The minimum Gasteiger partial charge on any atom is -0.481 e. The number of carbonyl (C=O) groups excluding carboxylic acids is 1. The van der Waals surface area contributed by atoms with Crippen LogP contribution < -0.4 is 10.1 Å². The fourth-order valence-electron chi connectivity index (χ4n) is 2.42. The molecule has 0 radical (unpaired) electrons. The SMILES string of the molecule is C#CCOc1ccc(C(=O)NC(C)c2nc(-c3cc(C)ccn3)n[nH]2)cc1. The highest BCUT2D eigenvalue weighted by Gasteiger charge is 2.16. The minimum atomic E-state index is -0.346. The molecule has 2 N–H and O–H groups in total. The molecule has 7 heteroatoms. The molecule has 7 nitrogen and oxygen atoms in total. The van der Waals surface area contributed by atoms with Gasteiger partial charge in [0, 0.05) is 11.8 Å². The van der Waals surface area contributed by atoms with Crippen molar-refractivity contribution >= 4 is 5.91 Å². The fourth-order valence-corrected chi connectivity index (χ4v) is 2.42. The number of H-pyrrole nitrogens is 1. The van der Waals surface area contributed by atoms with Crippen molar-refractivity contribution in [2.24, 2.45) is 0 Å². The van der Waals surface area contributed by atoms with Crippen molar-refractivity contribution in [1.29, 1.82) is 0 Å². The predicted octanol–water partition coefficient (Wildman–Crippen LogP) is 2.68. The lowest BCUT2D eigenvalue weighted by Gasteiger charge is -2.11. The summed E-state index contributed by atoms with van der Waals surface area (Å²) >= 11 is 0. The van der Waals surface area contributed by atoms with Gasteiger partial charge in [-0.25, -0.2) is 4.98 Å². The topological polar surface area (TPSA) is 92.8 Å². The van der Waals surface area contributed by atoms with E-state index in [1.807, 2.05) is 26.0 Å². The number of terminal acetylenes is 1. The number of amides is 1. The molecule has 0 saturated heterocycles. The minimum absolute atomic E-state index is 0.187. The zero-order valence-corrected chi connectivity index (χ0v) is 15.1. The van der Waals surface area contributed by atoms with Crippen LogP contribution in [0.5, 0.6) is 5.75 Å². The first kappa shape index (κ1) is 18.1. The second kappa shape index (κ2) is 8.15. The number of ether oxygens (including phenoxy) is 1. The number of hydrogen-bond donors (Lipinski definition) is 2. The summed E-state index contributed by atoms with van der Waals surface area (Å²) in [5.74, 6) is 3.82. The molecule has 1 amide bonds. The molecule has 0 aliphatic carbocycles. The number of rotatable bonds is 6. The van der Waals surface area contributed by atoms with Crippen molar-refractivity contribution in [2.75, 3.05) is 6.61 Å². The largest absolute Gasteiger partial charge is 0.481 e. The van der Waals surface area contributed by atoms with Gasteiger partial charge in [-0.1, -0.05) is 5.92 Å². The van der Waals surface area contributed by atoms with Crippen LogP contribution >= 0.6 is 0 Å². The van der Waals surface area contributed by atoms with E-state index in [0.717, 1.165) is 5.56 Å². The molecule has 27 heavy (non-hydrogen) atoms. The van der Waals surface area contributed by atoms with E-state index < -0.39 is 0 Å². The smallest absolute Gasteiger partial charge is 0.251 e. The summed E-state index contributed by atoms with van der Waals surface area (Å²) in [7, 11) is 0. The van der Waals surface area contributed by atoms with E-state index in [-0.39, 0.29) is 18.6 Å². The van der Waals surface area contributed by atoms with Gasteiger partial charge in [0.05, 0.1) is 6.04 Å². The maximum Gasteiger partial charge on any atom is 0.251 e. The number of aromatic amines is 1. The molecule has 0 aliphatic rings. The highest BCUT2D eigenvalue weighted by molar-refractivity contribution is 5.94. The van der Waals surface area contributed by atoms with Crippen LogP contribution in [0.4, 0.5) is 0 Å². The Morgan fingerprint density at radius 1 is 1.33 bits per heavy atom. The number of pyridine rings is 1. The maximum atomic E-state index is 12.4. The molecular weight excluding hydrogens is 342 g/mol.